The molecule has 4 heterocycles. The van der Waals surface area contributed by atoms with Crippen molar-refractivity contribution in [3.05, 3.63) is 84.4 Å². The third-order valence-electron chi connectivity index (χ3n) is 6.33. The fourth-order valence-electron chi connectivity index (χ4n) is 3.77. The largest absolute Gasteiger partial charge is 0.487 e. The van der Waals surface area contributed by atoms with Gasteiger partial charge in [-0.25, -0.2) is 14.8 Å². The number of hydrogen-bond donors (Lipinski definition) is 0. The third-order valence-corrected chi connectivity index (χ3v) is 6.33. The average molecular weight is 549 g/mol. The van der Waals surface area contributed by atoms with Crippen molar-refractivity contribution in [2.45, 2.75) is 31.5 Å². The van der Waals surface area contributed by atoms with Crippen LogP contribution < -0.4 is 9.47 Å². The number of hydrogen-bond acceptors (Lipinski definition) is 7. The van der Waals surface area contributed by atoms with Gasteiger partial charge in [0.2, 0.25) is 0 Å². The molecule has 1 amide bonds. The highest BCUT2D eigenvalue weighted by atomic mass is 35.5. The standard InChI is InChI=1S/C17H17FN2O3.C10H13FN2O.ClH/c18-16-15(7-4-9-19-16)22-12-14-8-10-20(14)17(21)23-11-13-5-2-1-3-6-13;1-13-6-4-8(13)7-14-9-3-2-5-12-10(9)11;/h1-7,9,14H,8,10-12H2;2-3,5,8H,4,6-7H2,1H3;1H/t14-;8-;/m00./s1. The molecule has 2 aromatic heterocycles. The molecule has 2 aliphatic heterocycles. The molecule has 11 heteroatoms. The predicted octanol–water partition coefficient (Wildman–Crippen LogP) is 4.74. The van der Waals surface area contributed by atoms with E-state index in [1.807, 2.05) is 37.4 Å². The number of aromatic nitrogens is 2. The number of nitrogens with zero attached hydrogens (tertiary/aromatic N) is 4. The second-order valence-electron chi connectivity index (χ2n) is 8.81. The molecular formula is C27H31ClF2N4O4. The molecule has 0 bridgehead atoms. The van der Waals surface area contributed by atoms with Crippen LogP contribution in [0.5, 0.6) is 11.5 Å². The van der Waals surface area contributed by atoms with Crippen molar-refractivity contribution < 1.29 is 27.8 Å². The Morgan fingerprint density at radius 3 is 1.92 bits per heavy atom. The van der Waals surface area contributed by atoms with E-state index >= 15 is 0 Å². The molecule has 3 aromatic rings. The topological polar surface area (TPSA) is 77.0 Å². The van der Waals surface area contributed by atoms with Gasteiger partial charge in [-0.3, -0.25) is 4.90 Å². The monoisotopic (exact) mass is 548 g/mol. The van der Waals surface area contributed by atoms with Crippen molar-refractivity contribution in [1.82, 2.24) is 19.8 Å². The normalized spacial score (nSPS) is 18.0. The first-order valence-corrected chi connectivity index (χ1v) is 12.2. The van der Waals surface area contributed by atoms with Gasteiger partial charge in [-0.15, -0.1) is 12.4 Å². The van der Waals surface area contributed by atoms with E-state index < -0.39 is 11.9 Å². The van der Waals surface area contributed by atoms with Crippen LogP contribution in [0, 0.1) is 11.9 Å². The molecule has 2 aliphatic rings. The van der Waals surface area contributed by atoms with Gasteiger partial charge in [0, 0.05) is 25.0 Å². The van der Waals surface area contributed by atoms with E-state index in [-0.39, 0.29) is 49.3 Å². The Balaban J connectivity index is 0.000000229. The van der Waals surface area contributed by atoms with Crippen LogP contribution in [0.1, 0.15) is 18.4 Å². The summed E-state index contributed by atoms with van der Waals surface area (Å²) in [4.78, 5) is 22.9. The molecule has 0 aliphatic carbocycles. The van der Waals surface area contributed by atoms with Crippen molar-refractivity contribution in [2.75, 3.05) is 33.4 Å². The van der Waals surface area contributed by atoms with Gasteiger partial charge in [0.25, 0.3) is 11.9 Å². The van der Waals surface area contributed by atoms with Crippen molar-refractivity contribution in [2.24, 2.45) is 0 Å². The highest BCUT2D eigenvalue weighted by molar-refractivity contribution is 5.85. The van der Waals surface area contributed by atoms with Crippen LogP contribution >= 0.6 is 12.4 Å². The van der Waals surface area contributed by atoms with Gasteiger partial charge in [-0.05, 0) is 56.3 Å². The Morgan fingerprint density at radius 2 is 1.45 bits per heavy atom. The Kier molecular flexibility index (Phi) is 11.0. The van der Waals surface area contributed by atoms with Gasteiger partial charge in [0.15, 0.2) is 11.5 Å². The maximum Gasteiger partial charge on any atom is 0.410 e. The molecule has 0 N–H and O–H groups in total. The van der Waals surface area contributed by atoms with E-state index in [4.69, 9.17) is 14.2 Å². The summed E-state index contributed by atoms with van der Waals surface area (Å²) in [5.41, 5.74) is 0.937. The van der Waals surface area contributed by atoms with Crippen LogP contribution in [-0.2, 0) is 11.3 Å². The SMILES string of the molecule is CN1CC[C@H]1COc1cccnc1F.Cl.O=C(OCc1ccccc1)N1CC[C@H]1COc1cccnc1F. The van der Waals surface area contributed by atoms with Crippen LogP contribution in [0.15, 0.2) is 67.0 Å². The summed E-state index contributed by atoms with van der Waals surface area (Å²) in [5.74, 6) is -0.843. The highest BCUT2D eigenvalue weighted by Gasteiger charge is 2.34. The number of ether oxygens (including phenoxy) is 3. The number of carbonyl (C=O) groups excluding carboxylic acids is 1. The number of benzene rings is 1. The number of carbonyl (C=O) groups is 1. The minimum Gasteiger partial charge on any atom is -0.487 e. The Hall–Kier alpha value is -3.50. The third kappa shape index (κ3) is 8.00. The number of rotatable bonds is 8. The predicted molar refractivity (Wildman–Crippen MR) is 139 cm³/mol. The molecule has 0 radical (unpaired) electrons. The van der Waals surface area contributed by atoms with E-state index in [9.17, 15) is 13.6 Å². The summed E-state index contributed by atoms with van der Waals surface area (Å²) >= 11 is 0. The molecule has 1 aromatic carbocycles. The zero-order valence-corrected chi connectivity index (χ0v) is 21.9. The average Bonchev–Trinajstić information content (AvgIpc) is 2.89. The Morgan fingerprint density at radius 1 is 0.868 bits per heavy atom. The van der Waals surface area contributed by atoms with Gasteiger partial charge in [0.05, 0.1) is 6.04 Å². The lowest BCUT2D eigenvalue weighted by Crippen LogP contribution is -2.54. The summed E-state index contributed by atoms with van der Waals surface area (Å²) in [5, 5.41) is 0. The van der Waals surface area contributed by atoms with E-state index in [0.717, 1.165) is 24.9 Å². The lowest BCUT2D eigenvalue weighted by atomic mass is 10.1. The van der Waals surface area contributed by atoms with Crippen LogP contribution in [0.2, 0.25) is 0 Å². The lowest BCUT2D eigenvalue weighted by Gasteiger charge is -2.39. The number of halogens is 3. The molecule has 0 unspecified atom stereocenters. The van der Waals surface area contributed by atoms with E-state index in [1.165, 1.54) is 18.5 Å². The second-order valence-corrected chi connectivity index (χ2v) is 8.81. The minimum absolute atomic E-state index is 0. The molecular weight excluding hydrogens is 518 g/mol. The molecule has 2 atom stereocenters. The zero-order valence-electron chi connectivity index (χ0n) is 21.0. The first-order chi connectivity index (χ1) is 18.0. The van der Waals surface area contributed by atoms with Gasteiger partial charge < -0.3 is 19.1 Å². The maximum absolute atomic E-state index is 13.4. The fraction of sp³-hybridized carbons (Fsp3) is 0.370. The van der Waals surface area contributed by atoms with Crippen molar-refractivity contribution >= 4 is 18.5 Å². The second kappa shape index (κ2) is 14.4. The summed E-state index contributed by atoms with van der Waals surface area (Å²) in [7, 11) is 2.04. The van der Waals surface area contributed by atoms with E-state index in [0.29, 0.717) is 19.2 Å². The zero-order chi connectivity index (χ0) is 26.0. The van der Waals surface area contributed by atoms with Gasteiger partial charge in [-0.1, -0.05) is 30.3 Å². The maximum atomic E-state index is 13.4. The van der Waals surface area contributed by atoms with Crippen molar-refractivity contribution in [3.8, 4) is 11.5 Å². The highest BCUT2D eigenvalue weighted by Crippen LogP contribution is 2.22. The molecule has 8 nitrogen and oxygen atoms in total. The molecule has 0 spiro atoms. The quantitative estimate of drug-likeness (QED) is 0.376. The molecule has 0 saturated carbocycles. The fourth-order valence-corrected chi connectivity index (χ4v) is 3.77. The van der Waals surface area contributed by atoms with Gasteiger partial charge in [-0.2, -0.15) is 8.78 Å². The number of amides is 1. The van der Waals surface area contributed by atoms with E-state index in [1.54, 1.807) is 23.1 Å². The first kappa shape index (κ1) is 29.1. The van der Waals surface area contributed by atoms with Crippen molar-refractivity contribution in [3.63, 3.8) is 0 Å². The molecule has 204 valence electrons. The van der Waals surface area contributed by atoms with Crippen LogP contribution in [0.3, 0.4) is 0 Å². The van der Waals surface area contributed by atoms with Crippen molar-refractivity contribution in [1.29, 1.82) is 0 Å². The Labute approximate surface area is 226 Å². The van der Waals surface area contributed by atoms with Crippen LogP contribution in [0.25, 0.3) is 0 Å². The summed E-state index contributed by atoms with van der Waals surface area (Å²) < 4.78 is 42.4. The first-order valence-electron chi connectivity index (χ1n) is 12.2. The molecule has 38 heavy (non-hydrogen) atoms. The Bertz CT molecular complexity index is 1160. The van der Waals surface area contributed by atoms with Gasteiger partial charge >= 0.3 is 6.09 Å². The number of pyridine rings is 2. The summed E-state index contributed by atoms with van der Waals surface area (Å²) in [6.07, 6.45) is 4.33. The summed E-state index contributed by atoms with van der Waals surface area (Å²) in [6, 6.07) is 16.2. The number of likely N-dealkylation sites (N-methyl/N-ethyl adjacent to an activating group) is 1. The number of likely N-dealkylation sites (tertiary alicyclic amines) is 2. The van der Waals surface area contributed by atoms with Gasteiger partial charge in [0.1, 0.15) is 19.8 Å². The molecule has 2 fully saturated rings. The van der Waals surface area contributed by atoms with Crippen LogP contribution in [0.4, 0.5) is 13.6 Å². The minimum atomic E-state index is -0.648. The van der Waals surface area contributed by atoms with Crippen LogP contribution in [-0.4, -0.2) is 71.3 Å². The molecule has 2 saturated heterocycles. The lowest BCUT2D eigenvalue weighted by molar-refractivity contribution is 0.0253. The summed E-state index contributed by atoms with van der Waals surface area (Å²) in [6.45, 7) is 2.73. The smallest absolute Gasteiger partial charge is 0.410 e. The van der Waals surface area contributed by atoms with E-state index in [2.05, 4.69) is 14.9 Å². The molecule has 5 rings (SSSR count).